The van der Waals surface area contributed by atoms with Crippen LogP contribution in [0.4, 0.5) is 0 Å². The van der Waals surface area contributed by atoms with E-state index in [1.807, 2.05) is 0 Å². The third-order valence-corrected chi connectivity index (χ3v) is 4.70. The van der Waals surface area contributed by atoms with E-state index in [0.29, 0.717) is 0 Å². The first-order valence-corrected chi connectivity index (χ1v) is 10.0. The van der Waals surface area contributed by atoms with E-state index >= 15 is 0 Å². The van der Waals surface area contributed by atoms with Crippen LogP contribution >= 0.6 is 24.2 Å². The zero-order valence-electron chi connectivity index (χ0n) is 14.1. The second-order valence-electron chi connectivity index (χ2n) is 6.55. The molecule has 6 heteroatoms. The molecule has 0 spiro atoms. The largest absolute Gasteiger partial charge is 0.692 e. The van der Waals surface area contributed by atoms with Gasteiger partial charge >= 0.3 is 8.25 Å². The Kier molecular flexibility index (Phi) is 9.30. The third-order valence-electron chi connectivity index (χ3n) is 3.96. The number of rotatable bonds is 8. The molecule has 1 aromatic carbocycles. The molecular formula is C17H27BrO4P+. The van der Waals surface area contributed by atoms with Crippen LogP contribution in [-0.2, 0) is 11.0 Å². The van der Waals surface area contributed by atoms with Crippen molar-refractivity contribution in [2.45, 2.75) is 52.9 Å². The zero-order chi connectivity index (χ0) is 17.4. The van der Waals surface area contributed by atoms with Gasteiger partial charge in [0.05, 0.1) is 6.61 Å². The van der Waals surface area contributed by atoms with Crippen molar-refractivity contribution in [2.24, 2.45) is 11.8 Å². The van der Waals surface area contributed by atoms with E-state index < -0.39 is 8.25 Å². The number of benzene rings is 1. The lowest BCUT2D eigenvalue weighted by Crippen LogP contribution is -2.10. The molecule has 2 aliphatic carbocycles. The van der Waals surface area contributed by atoms with Crippen LogP contribution in [0, 0.1) is 11.8 Å². The summed E-state index contributed by atoms with van der Waals surface area (Å²) in [5, 5.41) is 0. The Balaban J connectivity index is 0.000000593. The maximum absolute atomic E-state index is 8.70. The lowest BCUT2D eigenvalue weighted by atomic mass is 9.92. The second-order valence-corrected chi connectivity index (χ2v) is 7.91. The number of hydrogen-bond acceptors (Lipinski definition) is 2. The Labute approximate surface area is 148 Å². The molecule has 1 aromatic rings. The van der Waals surface area contributed by atoms with Crippen molar-refractivity contribution < 1.29 is 19.1 Å². The summed E-state index contributed by atoms with van der Waals surface area (Å²) in [5.74, 6) is 2.68. The summed E-state index contributed by atoms with van der Waals surface area (Å²) in [6.07, 6.45) is 6.28. The predicted molar refractivity (Wildman–Crippen MR) is 97.0 cm³/mol. The first kappa shape index (κ1) is 20.6. The molecular weight excluding hydrogens is 379 g/mol. The monoisotopic (exact) mass is 405 g/mol. The quantitative estimate of drug-likeness (QED) is 0.591. The first-order chi connectivity index (χ1) is 10.8. The molecule has 1 atom stereocenters. The summed E-state index contributed by atoms with van der Waals surface area (Å²) in [6, 6.07) is 4.35. The minimum atomic E-state index is -2.87. The summed E-state index contributed by atoms with van der Waals surface area (Å²) >= 11 is 3.58. The summed E-state index contributed by atoms with van der Waals surface area (Å²) in [7, 11) is -2.87. The molecule has 2 bridgehead atoms. The van der Waals surface area contributed by atoms with Gasteiger partial charge in [0.25, 0.3) is 0 Å². The van der Waals surface area contributed by atoms with Crippen LogP contribution < -0.4 is 4.74 Å². The molecule has 0 saturated carbocycles. The molecule has 2 aliphatic rings. The lowest BCUT2D eigenvalue weighted by Gasteiger charge is -2.22. The molecule has 3 rings (SSSR count). The summed E-state index contributed by atoms with van der Waals surface area (Å²) < 4.78 is 15.8. The highest BCUT2D eigenvalue weighted by Crippen LogP contribution is 2.37. The van der Waals surface area contributed by atoms with Crippen molar-refractivity contribution in [3.05, 3.63) is 27.7 Å². The van der Waals surface area contributed by atoms with E-state index in [1.54, 1.807) is 0 Å². The van der Waals surface area contributed by atoms with E-state index in [1.165, 1.54) is 34.9 Å². The fraction of sp³-hybridized carbons (Fsp3) is 0.647. The zero-order valence-corrected chi connectivity index (χ0v) is 16.6. The minimum Gasteiger partial charge on any atom is -0.493 e. The highest BCUT2D eigenvalue weighted by molar-refractivity contribution is 9.10. The molecule has 0 heterocycles. The Morgan fingerprint density at radius 2 is 1.78 bits per heavy atom. The van der Waals surface area contributed by atoms with Crippen molar-refractivity contribution in [2.75, 3.05) is 6.61 Å². The van der Waals surface area contributed by atoms with Gasteiger partial charge in [0.15, 0.2) is 0 Å². The number of ether oxygens (including phenoxy) is 1. The van der Waals surface area contributed by atoms with Crippen LogP contribution in [0.3, 0.4) is 0 Å². The summed E-state index contributed by atoms with van der Waals surface area (Å²) in [6.45, 7) is 7.79. The summed E-state index contributed by atoms with van der Waals surface area (Å²) in [4.78, 5) is 14.2. The average Bonchev–Trinajstić information content (AvgIpc) is 2.35. The van der Waals surface area contributed by atoms with Crippen molar-refractivity contribution in [1.82, 2.24) is 0 Å². The molecule has 0 saturated heterocycles. The van der Waals surface area contributed by atoms with E-state index in [0.717, 1.165) is 37.0 Å². The molecule has 1 unspecified atom stereocenters. The van der Waals surface area contributed by atoms with E-state index in [4.69, 9.17) is 19.1 Å². The van der Waals surface area contributed by atoms with Gasteiger partial charge in [0.1, 0.15) is 5.75 Å². The van der Waals surface area contributed by atoms with E-state index in [9.17, 15) is 0 Å². The minimum absolute atomic E-state index is 0.771. The number of hydrogen-bond donors (Lipinski definition) is 2. The first-order valence-electron chi connectivity index (χ1n) is 8.08. The fourth-order valence-corrected chi connectivity index (χ4v) is 2.98. The highest BCUT2D eigenvalue weighted by Gasteiger charge is 2.18. The number of fused-ring (bicyclic) bond motifs is 2. The van der Waals surface area contributed by atoms with Gasteiger partial charge in [-0.15, -0.1) is 9.79 Å². The van der Waals surface area contributed by atoms with Crippen LogP contribution in [0.2, 0.25) is 0 Å². The highest BCUT2D eigenvalue weighted by atomic mass is 79.9. The topological polar surface area (TPSA) is 66.8 Å². The van der Waals surface area contributed by atoms with Gasteiger partial charge in [0, 0.05) is 15.5 Å². The smallest absolute Gasteiger partial charge is 0.493 e. The maximum Gasteiger partial charge on any atom is 0.692 e. The molecule has 0 radical (unpaired) electrons. The Morgan fingerprint density at radius 1 is 1.17 bits per heavy atom. The molecule has 0 fully saturated rings. The van der Waals surface area contributed by atoms with Gasteiger partial charge in [-0.1, -0.05) is 62.0 Å². The lowest BCUT2D eigenvalue weighted by molar-refractivity contribution is 0.272. The van der Waals surface area contributed by atoms with Crippen molar-refractivity contribution in [1.29, 1.82) is 0 Å². The van der Waals surface area contributed by atoms with Crippen LogP contribution in [0.1, 0.15) is 57.6 Å². The maximum atomic E-state index is 8.70. The summed E-state index contributed by atoms with van der Waals surface area (Å²) in [5.41, 5.74) is 2.77. The van der Waals surface area contributed by atoms with Gasteiger partial charge in [-0.25, -0.2) is 0 Å². The van der Waals surface area contributed by atoms with Gasteiger partial charge < -0.3 is 4.74 Å². The Morgan fingerprint density at radius 3 is 2.30 bits per heavy atom. The van der Waals surface area contributed by atoms with Crippen LogP contribution in [-0.4, -0.2) is 16.4 Å². The predicted octanol–water partition coefficient (Wildman–Crippen LogP) is 5.21. The van der Waals surface area contributed by atoms with Crippen molar-refractivity contribution in [3.63, 3.8) is 0 Å². The Bertz CT molecular complexity index is 516. The average molecular weight is 406 g/mol. The van der Waals surface area contributed by atoms with E-state index in [-0.39, 0.29) is 0 Å². The van der Waals surface area contributed by atoms with Crippen LogP contribution in [0.5, 0.6) is 5.75 Å². The van der Waals surface area contributed by atoms with Crippen molar-refractivity contribution in [3.8, 4) is 5.75 Å². The number of halogens is 1. The van der Waals surface area contributed by atoms with Crippen LogP contribution in [0.25, 0.3) is 0 Å². The molecule has 0 amide bonds. The SMILES string of the molecule is CC(C)CCCC(C)CCOc1cc(Br)c2cc1C2.O=[P+](O)O. The van der Waals surface area contributed by atoms with Crippen LogP contribution in [0.15, 0.2) is 16.6 Å². The fourth-order valence-electron chi connectivity index (χ4n) is 2.52. The third kappa shape index (κ3) is 8.25. The molecule has 4 nitrogen and oxygen atoms in total. The molecule has 2 N–H and O–H groups in total. The molecule has 0 aliphatic heterocycles. The van der Waals surface area contributed by atoms with Crippen molar-refractivity contribution >= 4 is 24.2 Å². The molecule has 0 aromatic heterocycles. The van der Waals surface area contributed by atoms with Gasteiger partial charge in [-0.2, -0.15) is 0 Å². The van der Waals surface area contributed by atoms with Gasteiger partial charge in [-0.05, 0) is 35.4 Å². The van der Waals surface area contributed by atoms with E-state index in [2.05, 4.69) is 48.8 Å². The normalized spacial score (nSPS) is 13.0. The molecule has 130 valence electrons. The van der Waals surface area contributed by atoms with Gasteiger partial charge in [0.2, 0.25) is 0 Å². The second kappa shape index (κ2) is 10.4. The standard InChI is InChI=1S/C17H25BrO.HO3P/c1-12(2)5-4-6-13(3)7-8-19-17-11-16(18)14-9-15(17)10-14;1-4(2)3/h9,11-13H,4-8,10H2,1-3H3;(H-,1,2,3)/p+1. The molecule has 23 heavy (non-hydrogen) atoms. The Hall–Kier alpha value is -0.480. The van der Waals surface area contributed by atoms with Gasteiger partial charge in [-0.3, -0.25) is 0 Å².